The number of hydrogen-bond donors (Lipinski definition) is 0. The van der Waals surface area contributed by atoms with Gasteiger partial charge in [-0.25, -0.2) is 9.97 Å². The van der Waals surface area contributed by atoms with Gasteiger partial charge in [0, 0.05) is 26.6 Å². The van der Waals surface area contributed by atoms with Crippen LogP contribution in [0.1, 0.15) is 0 Å². The Hall–Kier alpha value is -0.760. The summed E-state index contributed by atoms with van der Waals surface area (Å²) in [5.41, 5.74) is 0. The molecule has 0 bridgehead atoms. The molecule has 76 valence electrons. The first kappa shape index (κ1) is 10.7. The Labute approximate surface area is 108 Å². The summed E-state index contributed by atoms with van der Waals surface area (Å²) >= 11 is 5.44. The van der Waals surface area contributed by atoms with Gasteiger partial charge in [-0.05, 0) is 44.6 Å². The number of aromatic nitrogens is 3. The lowest BCUT2D eigenvalue weighted by atomic mass is 10.5. The fourth-order valence-electron chi connectivity index (χ4n) is 0.907. The lowest BCUT2D eigenvalue weighted by molar-refractivity contribution is 0.439. The van der Waals surface area contributed by atoms with E-state index in [9.17, 15) is 0 Å². The highest BCUT2D eigenvalue weighted by Gasteiger charge is 2.00. The van der Waals surface area contributed by atoms with Gasteiger partial charge in [-0.15, -0.1) is 0 Å². The molecule has 0 aliphatic heterocycles. The SMILES string of the molecule is Brc1cncc(Oc2ncc(I)cn2)c1. The van der Waals surface area contributed by atoms with Crippen LogP contribution in [0, 0.1) is 3.57 Å². The normalized spacial score (nSPS) is 10.0. The predicted molar refractivity (Wildman–Crippen MR) is 66.8 cm³/mol. The number of ether oxygens (including phenoxy) is 1. The van der Waals surface area contributed by atoms with Gasteiger partial charge in [-0.2, -0.15) is 0 Å². The second kappa shape index (κ2) is 4.84. The van der Waals surface area contributed by atoms with Gasteiger partial charge in [0.25, 0.3) is 0 Å². The fourth-order valence-corrected chi connectivity index (χ4v) is 1.53. The van der Waals surface area contributed by atoms with Gasteiger partial charge < -0.3 is 4.74 Å². The molecule has 0 spiro atoms. The number of halogens is 2. The zero-order valence-corrected chi connectivity index (χ0v) is 11.1. The number of hydrogen-bond acceptors (Lipinski definition) is 4. The number of nitrogens with zero attached hydrogens (tertiary/aromatic N) is 3. The average Bonchev–Trinajstić information content (AvgIpc) is 2.22. The molecule has 0 aliphatic carbocycles. The van der Waals surface area contributed by atoms with Crippen molar-refractivity contribution in [3.05, 3.63) is 38.9 Å². The zero-order chi connectivity index (χ0) is 10.7. The van der Waals surface area contributed by atoms with E-state index in [0.29, 0.717) is 11.8 Å². The zero-order valence-electron chi connectivity index (χ0n) is 7.39. The van der Waals surface area contributed by atoms with Crippen molar-refractivity contribution in [2.45, 2.75) is 0 Å². The first-order valence-corrected chi connectivity index (χ1v) is 5.87. The highest BCUT2D eigenvalue weighted by molar-refractivity contribution is 14.1. The van der Waals surface area contributed by atoms with Gasteiger partial charge in [0.15, 0.2) is 5.75 Å². The Morgan fingerprint density at radius 3 is 2.53 bits per heavy atom. The van der Waals surface area contributed by atoms with E-state index in [4.69, 9.17) is 4.74 Å². The molecule has 0 radical (unpaired) electrons. The maximum absolute atomic E-state index is 5.40. The summed E-state index contributed by atoms with van der Waals surface area (Å²) in [6.45, 7) is 0. The van der Waals surface area contributed by atoms with E-state index in [-0.39, 0.29) is 0 Å². The molecule has 0 saturated heterocycles. The lowest BCUT2D eigenvalue weighted by Gasteiger charge is -2.02. The van der Waals surface area contributed by atoms with Crippen molar-refractivity contribution >= 4 is 38.5 Å². The minimum Gasteiger partial charge on any atom is -0.423 e. The van der Waals surface area contributed by atoms with Gasteiger partial charge in [0.1, 0.15) is 0 Å². The summed E-state index contributed by atoms with van der Waals surface area (Å²) in [6.07, 6.45) is 6.66. The molecule has 2 aromatic rings. The standard InChI is InChI=1S/C9H5BrIN3O/c10-6-1-8(5-12-2-6)15-9-13-3-7(11)4-14-9/h1-5H. The molecule has 0 aliphatic rings. The largest absolute Gasteiger partial charge is 0.423 e. The smallest absolute Gasteiger partial charge is 0.321 e. The minimum absolute atomic E-state index is 0.315. The van der Waals surface area contributed by atoms with Crippen molar-refractivity contribution < 1.29 is 4.74 Å². The van der Waals surface area contributed by atoms with Crippen LogP contribution in [0.5, 0.6) is 11.8 Å². The maximum atomic E-state index is 5.40. The summed E-state index contributed by atoms with van der Waals surface area (Å²) in [4.78, 5) is 12.0. The van der Waals surface area contributed by atoms with Crippen LogP contribution < -0.4 is 4.74 Å². The van der Waals surface area contributed by atoms with Crippen molar-refractivity contribution in [2.24, 2.45) is 0 Å². The molecule has 6 heteroatoms. The summed E-state index contributed by atoms with van der Waals surface area (Å²) in [5.74, 6) is 0.602. The molecule has 0 fully saturated rings. The molecule has 2 rings (SSSR count). The van der Waals surface area contributed by atoms with E-state index in [1.165, 1.54) is 0 Å². The highest BCUT2D eigenvalue weighted by atomic mass is 127. The predicted octanol–water partition coefficient (Wildman–Crippen LogP) is 3.03. The van der Waals surface area contributed by atoms with Crippen LogP contribution in [0.4, 0.5) is 0 Å². The van der Waals surface area contributed by atoms with Crippen LogP contribution in [0.25, 0.3) is 0 Å². The molecular formula is C9H5BrIN3O. The Balaban J connectivity index is 2.18. The lowest BCUT2D eigenvalue weighted by Crippen LogP contribution is -1.92. The van der Waals surface area contributed by atoms with Gasteiger partial charge in [0.05, 0.1) is 6.20 Å². The van der Waals surface area contributed by atoms with Crippen LogP contribution in [0.2, 0.25) is 0 Å². The van der Waals surface area contributed by atoms with Crippen molar-refractivity contribution in [2.75, 3.05) is 0 Å². The van der Waals surface area contributed by atoms with Crippen LogP contribution in [-0.2, 0) is 0 Å². The van der Waals surface area contributed by atoms with Crippen molar-refractivity contribution in [3.8, 4) is 11.8 Å². The molecule has 0 amide bonds. The Bertz CT molecular complexity index is 463. The van der Waals surface area contributed by atoms with Crippen LogP contribution in [0.15, 0.2) is 35.3 Å². The summed E-state index contributed by atoms with van der Waals surface area (Å²) in [5, 5.41) is 0. The molecule has 2 heterocycles. The third kappa shape index (κ3) is 3.10. The van der Waals surface area contributed by atoms with Gasteiger partial charge >= 0.3 is 6.01 Å². The second-order valence-corrected chi connectivity index (χ2v) is 4.79. The topological polar surface area (TPSA) is 47.9 Å². The first-order valence-electron chi connectivity index (χ1n) is 4.00. The summed E-state index contributed by atoms with van der Waals surface area (Å²) in [6, 6.07) is 2.12. The van der Waals surface area contributed by atoms with Crippen molar-refractivity contribution in [1.82, 2.24) is 15.0 Å². The summed E-state index contributed by atoms with van der Waals surface area (Å²) < 4.78 is 7.21. The quantitative estimate of drug-likeness (QED) is 0.755. The van der Waals surface area contributed by atoms with E-state index in [2.05, 4.69) is 53.5 Å². The third-order valence-electron chi connectivity index (χ3n) is 1.49. The minimum atomic E-state index is 0.315. The van der Waals surface area contributed by atoms with Gasteiger partial charge in [-0.1, -0.05) is 0 Å². The second-order valence-electron chi connectivity index (χ2n) is 2.62. The van der Waals surface area contributed by atoms with Crippen molar-refractivity contribution in [1.29, 1.82) is 0 Å². The Kier molecular flexibility index (Phi) is 3.47. The molecule has 2 aromatic heterocycles. The fraction of sp³-hybridized carbons (Fsp3) is 0. The van der Waals surface area contributed by atoms with E-state index in [0.717, 1.165) is 8.04 Å². The van der Waals surface area contributed by atoms with Crippen LogP contribution >= 0.6 is 38.5 Å². The third-order valence-corrected chi connectivity index (χ3v) is 2.48. The van der Waals surface area contributed by atoms with Crippen LogP contribution in [0.3, 0.4) is 0 Å². The number of rotatable bonds is 2. The molecular weight excluding hydrogens is 373 g/mol. The molecule has 0 aromatic carbocycles. The molecule has 4 nitrogen and oxygen atoms in total. The van der Waals surface area contributed by atoms with E-state index < -0.39 is 0 Å². The van der Waals surface area contributed by atoms with Crippen molar-refractivity contribution in [3.63, 3.8) is 0 Å². The maximum Gasteiger partial charge on any atom is 0.321 e. The molecule has 0 unspecified atom stereocenters. The highest BCUT2D eigenvalue weighted by Crippen LogP contribution is 2.20. The first-order chi connectivity index (χ1) is 7.24. The van der Waals surface area contributed by atoms with E-state index in [1.807, 2.05) is 0 Å². The van der Waals surface area contributed by atoms with E-state index >= 15 is 0 Å². The van der Waals surface area contributed by atoms with E-state index in [1.54, 1.807) is 30.9 Å². The number of pyridine rings is 1. The summed E-state index contributed by atoms with van der Waals surface area (Å²) in [7, 11) is 0. The molecule has 0 saturated carbocycles. The molecule has 0 N–H and O–H groups in total. The van der Waals surface area contributed by atoms with Gasteiger partial charge in [0.2, 0.25) is 0 Å². The molecule has 15 heavy (non-hydrogen) atoms. The Morgan fingerprint density at radius 1 is 1.13 bits per heavy atom. The average molecular weight is 378 g/mol. The Morgan fingerprint density at radius 2 is 1.87 bits per heavy atom. The van der Waals surface area contributed by atoms with Gasteiger partial charge in [-0.3, -0.25) is 4.98 Å². The monoisotopic (exact) mass is 377 g/mol. The molecule has 0 atom stereocenters. The van der Waals surface area contributed by atoms with Crippen LogP contribution in [-0.4, -0.2) is 15.0 Å².